The molecule has 148 valence electrons. The molecule has 2 heterocycles. The zero-order chi connectivity index (χ0) is 18.9. The number of nitrogens with zero attached hydrogens (tertiary/aromatic N) is 1. The topological polar surface area (TPSA) is 64.8 Å². The van der Waals surface area contributed by atoms with E-state index in [-0.39, 0.29) is 11.5 Å². The van der Waals surface area contributed by atoms with E-state index in [2.05, 4.69) is 11.0 Å². The molecule has 1 amide bonds. The molecule has 3 aliphatic rings. The van der Waals surface area contributed by atoms with Gasteiger partial charge in [0.1, 0.15) is 5.60 Å². The second kappa shape index (κ2) is 7.90. The predicted molar refractivity (Wildman–Crippen MR) is 104 cm³/mol. The number of likely N-dealkylation sites (tertiary alicyclic amines) is 1. The van der Waals surface area contributed by atoms with Gasteiger partial charge in [0.15, 0.2) is 0 Å². The normalized spacial score (nSPS) is 32.3. The van der Waals surface area contributed by atoms with Gasteiger partial charge in [-0.05, 0) is 49.3 Å². The van der Waals surface area contributed by atoms with Crippen LogP contribution in [0.25, 0.3) is 0 Å². The van der Waals surface area contributed by atoms with Crippen LogP contribution in [-0.2, 0) is 15.1 Å². The minimum absolute atomic E-state index is 0.296. The van der Waals surface area contributed by atoms with Crippen LogP contribution in [0.2, 0.25) is 0 Å². The minimum atomic E-state index is -0.370. The van der Waals surface area contributed by atoms with Gasteiger partial charge < -0.3 is 20.1 Å². The average molecular weight is 373 g/mol. The van der Waals surface area contributed by atoms with Crippen molar-refractivity contribution in [3.8, 4) is 0 Å². The Hall–Kier alpha value is -1.43. The van der Waals surface area contributed by atoms with E-state index in [9.17, 15) is 4.79 Å². The number of methoxy groups -OCH3 is 1. The minimum Gasteiger partial charge on any atom is -0.381 e. The fraction of sp³-hybridized carbons (Fsp3) is 0.682. The van der Waals surface area contributed by atoms with Crippen molar-refractivity contribution in [1.82, 2.24) is 4.90 Å². The third-order valence-corrected chi connectivity index (χ3v) is 7.07. The van der Waals surface area contributed by atoms with Crippen LogP contribution in [0.15, 0.2) is 24.3 Å². The summed E-state index contributed by atoms with van der Waals surface area (Å²) in [6, 6.07) is 7.83. The average Bonchev–Trinajstić information content (AvgIpc) is 2.68. The van der Waals surface area contributed by atoms with Crippen LogP contribution in [0.5, 0.6) is 0 Å². The lowest BCUT2D eigenvalue weighted by molar-refractivity contribution is -0.171. The number of benzene rings is 1. The molecule has 0 unspecified atom stereocenters. The molecule has 5 nitrogen and oxygen atoms in total. The second-order valence-electron chi connectivity index (χ2n) is 8.54. The van der Waals surface area contributed by atoms with Crippen molar-refractivity contribution < 1.29 is 14.3 Å². The fourth-order valence-corrected chi connectivity index (χ4v) is 5.81. The molecule has 0 spiro atoms. The van der Waals surface area contributed by atoms with Crippen molar-refractivity contribution >= 4 is 5.91 Å². The van der Waals surface area contributed by atoms with Crippen LogP contribution in [0.3, 0.4) is 0 Å². The number of primary amides is 1. The first kappa shape index (κ1) is 18.9. The molecule has 3 atom stereocenters. The van der Waals surface area contributed by atoms with Gasteiger partial charge in [-0.25, -0.2) is 0 Å². The van der Waals surface area contributed by atoms with E-state index in [1.807, 2.05) is 19.2 Å². The van der Waals surface area contributed by atoms with Gasteiger partial charge in [-0.3, -0.25) is 4.79 Å². The Morgan fingerprint density at radius 3 is 2.56 bits per heavy atom. The molecule has 1 aromatic rings. The summed E-state index contributed by atoms with van der Waals surface area (Å²) in [5.74, 6) is 1.30. The maximum Gasteiger partial charge on any atom is 0.248 e. The number of hydrogen-bond donors (Lipinski definition) is 1. The zero-order valence-electron chi connectivity index (χ0n) is 16.4. The standard InChI is InChI=1S/C22H32N2O3/c1-26-22(18-5-2-4-17(12-18)21(23)25)19-6-3-7-20(22)15-24(14-19)13-16-8-10-27-11-9-16/h2,4-5,12,16,19-20H,3,6-11,13-15H2,1H3,(H2,23,25)/t19-,20+,22+. The molecule has 1 aromatic carbocycles. The van der Waals surface area contributed by atoms with Crippen molar-refractivity contribution in [3.63, 3.8) is 0 Å². The number of fused-ring (bicyclic) bond motifs is 2. The number of rotatable bonds is 5. The van der Waals surface area contributed by atoms with Gasteiger partial charge >= 0.3 is 0 Å². The lowest BCUT2D eigenvalue weighted by Gasteiger charge is -2.56. The molecule has 2 N–H and O–H groups in total. The molecule has 27 heavy (non-hydrogen) atoms. The lowest BCUT2D eigenvalue weighted by atomic mass is 9.62. The van der Waals surface area contributed by atoms with Gasteiger partial charge in [0.05, 0.1) is 0 Å². The molecule has 4 rings (SSSR count). The molecule has 2 bridgehead atoms. The molecule has 5 heteroatoms. The molecule has 3 fully saturated rings. The largest absolute Gasteiger partial charge is 0.381 e. The zero-order valence-corrected chi connectivity index (χ0v) is 16.4. The highest BCUT2D eigenvalue weighted by molar-refractivity contribution is 5.92. The summed E-state index contributed by atoms with van der Waals surface area (Å²) in [5.41, 5.74) is 6.95. The number of amides is 1. The van der Waals surface area contributed by atoms with E-state index >= 15 is 0 Å². The Morgan fingerprint density at radius 2 is 1.93 bits per heavy atom. The van der Waals surface area contributed by atoms with Gasteiger partial charge in [-0.1, -0.05) is 18.6 Å². The van der Waals surface area contributed by atoms with Crippen molar-refractivity contribution in [3.05, 3.63) is 35.4 Å². The fourth-order valence-electron chi connectivity index (χ4n) is 5.81. The van der Waals surface area contributed by atoms with Crippen LogP contribution < -0.4 is 5.73 Å². The van der Waals surface area contributed by atoms with E-state index < -0.39 is 0 Å². The maximum atomic E-state index is 11.7. The molecule has 2 aliphatic heterocycles. The first-order chi connectivity index (χ1) is 13.1. The van der Waals surface area contributed by atoms with Gasteiger partial charge in [-0.2, -0.15) is 0 Å². The Kier molecular flexibility index (Phi) is 5.53. The Balaban J connectivity index is 1.58. The number of ether oxygens (including phenoxy) is 2. The summed E-state index contributed by atoms with van der Waals surface area (Å²) >= 11 is 0. The number of nitrogens with two attached hydrogens (primary N) is 1. The van der Waals surface area contributed by atoms with Crippen molar-refractivity contribution in [2.45, 2.75) is 37.7 Å². The lowest BCUT2D eigenvalue weighted by Crippen LogP contribution is -2.59. The summed E-state index contributed by atoms with van der Waals surface area (Å²) in [6.45, 7) is 5.14. The SMILES string of the molecule is CO[C@@]1(c2cccc(C(N)=O)c2)[C@@H]2CCC[C@H]1CN(CC1CCOCC1)C2. The van der Waals surface area contributed by atoms with Crippen LogP contribution >= 0.6 is 0 Å². The monoisotopic (exact) mass is 372 g/mol. The summed E-state index contributed by atoms with van der Waals surface area (Å²) in [6.07, 6.45) is 5.98. The third-order valence-electron chi connectivity index (χ3n) is 7.07. The Morgan fingerprint density at radius 1 is 1.22 bits per heavy atom. The molecule has 0 aromatic heterocycles. The Labute approximate surface area is 162 Å². The van der Waals surface area contributed by atoms with E-state index in [4.69, 9.17) is 15.2 Å². The maximum absolute atomic E-state index is 11.7. The van der Waals surface area contributed by atoms with E-state index in [0.717, 1.165) is 37.8 Å². The van der Waals surface area contributed by atoms with Gasteiger partial charge in [0.25, 0.3) is 0 Å². The van der Waals surface area contributed by atoms with E-state index in [1.165, 1.54) is 38.6 Å². The van der Waals surface area contributed by atoms with Gasteiger partial charge in [0.2, 0.25) is 5.91 Å². The smallest absolute Gasteiger partial charge is 0.248 e. The predicted octanol–water partition coefficient (Wildman–Crippen LogP) is 2.79. The van der Waals surface area contributed by atoms with Gasteiger partial charge in [-0.15, -0.1) is 0 Å². The van der Waals surface area contributed by atoms with Crippen LogP contribution in [0.1, 0.15) is 48.0 Å². The number of piperidine rings is 1. The first-order valence-corrected chi connectivity index (χ1v) is 10.4. The second-order valence-corrected chi connectivity index (χ2v) is 8.54. The molecule has 0 radical (unpaired) electrons. The van der Waals surface area contributed by atoms with Gasteiger partial charge in [0, 0.05) is 57.4 Å². The van der Waals surface area contributed by atoms with E-state index in [1.54, 1.807) is 6.07 Å². The van der Waals surface area contributed by atoms with Crippen molar-refractivity contribution in [1.29, 1.82) is 0 Å². The summed E-state index contributed by atoms with van der Waals surface area (Å²) in [7, 11) is 1.84. The van der Waals surface area contributed by atoms with Crippen molar-refractivity contribution in [2.24, 2.45) is 23.5 Å². The Bertz CT molecular complexity index is 657. The summed E-state index contributed by atoms with van der Waals surface area (Å²) in [4.78, 5) is 14.4. The van der Waals surface area contributed by atoms with Crippen LogP contribution in [0, 0.1) is 17.8 Å². The molecule has 1 aliphatic carbocycles. The molecule has 1 saturated carbocycles. The molecular weight excluding hydrogens is 340 g/mol. The van der Waals surface area contributed by atoms with Crippen LogP contribution in [0.4, 0.5) is 0 Å². The third kappa shape index (κ3) is 3.53. The summed E-state index contributed by atoms with van der Waals surface area (Å²) < 4.78 is 11.8. The summed E-state index contributed by atoms with van der Waals surface area (Å²) in [5, 5.41) is 0. The van der Waals surface area contributed by atoms with Crippen LogP contribution in [-0.4, -0.2) is 50.8 Å². The number of hydrogen-bond acceptors (Lipinski definition) is 4. The number of carbonyl (C=O) groups excluding carboxylic acids is 1. The van der Waals surface area contributed by atoms with Crippen molar-refractivity contribution in [2.75, 3.05) is 40.0 Å². The highest BCUT2D eigenvalue weighted by atomic mass is 16.5. The first-order valence-electron chi connectivity index (χ1n) is 10.4. The highest BCUT2D eigenvalue weighted by Gasteiger charge is 2.53. The quantitative estimate of drug-likeness (QED) is 0.863. The molecular formula is C22H32N2O3. The highest BCUT2D eigenvalue weighted by Crippen LogP contribution is 2.51. The van der Waals surface area contributed by atoms with E-state index in [0.29, 0.717) is 17.4 Å². The number of carbonyl (C=O) groups is 1. The molecule has 2 saturated heterocycles.